The second-order valence-corrected chi connectivity index (χ2v) is 8.12. The highest BCUT2D eigenvalue weighted by molar-refractivity contribution is 7.89. The molecule has 1 amide bonds. The fraction of sp³-hybridized carbons (Fsp3) is 0.353. The van der Waals surface area contributed by atoms with E-state index in [-0.39, 0.29) is 42.7 Å². The Hall–Kier alpha value is -2.72. The predicted molar refractivity (Wildman–Crippen MR) is 95.7 cm³/mol. The van der Waals surface area contributed by atoms with Gasteiger partial charge in [0.15, 0.2) is 0 Å². The molecule has 9 nitrogen and oxygen atoms in total. The highest BCUT2D eigenvalue weighted by atomic mass is 32.2. The van der Waals surface area contributed by atoms with Crippen molar-refractivity contribution in [2.45, 2.75) is 17.9 Å². The lowest BCUT2D eigenvalue weighted by Gasteiger charge is -2.34. The maximum atomic E-state index is 12.7. The van der Waals surface area contributed by atoms with E-state index in [1.54, 1.807) is 30.3 Å². The Morgan fingerprint density at radius 3 is 2.30 bits per heavy atom. The van der Waals surface area contributed by atoms with Crippen LogP contribution in [0.2, 0.25) is 0 Å². The highest BCUT2D eigenvalue weighted by Gasteiger charge is 2.32. The van der Waals surface area contributed by atoms with Crippen LogP contribution < -0.4 is 0 Å². The van der Waals surface area contributed by atoms with E-state index in [2.05, 4.69) is 5.10 Å². The summed E-state index contributed by atoms with van der Waals surface area (Å²) in [6.07, 6.45) is 1.38. The van der Waals surface area contributed by atoms with Crippen LogP contribution in [0.25, 0.3) is 0 Å². The molecule has 0 bridgehead atoms. The lowest BCUT2D eigenvalue weighted by atomic mass is 10.2. The van der Waals surface area contributed by atoms with E-state index < -0.39 is 22.0 Å². The monoisotopic (exact) mass is 392 g/mol. The van der Waals surface area contributed by atoms with Crippen molar-refractivity contribution in [1.82, 2.24) is 19.0 Å². The van der Waals surface area contributed by atoms with Crippen LogP contribution in [-0.2, 0) is 14.8 Å². The van der Waals surface area contributed by atoms with E-state index in [4.69, 9.17) is 5.11 Å². The van der Waals surface area contributed by atoms with Gasteiger partial charge in [-0.3, -0.25) is 4.79 Å². The second kappa shape index (κ2) is 7.49. The van der Waals surface area contributed by atoms with Crippen molar-refractivity contribution in [2.24, 2.45) is 0 Å². The molecule has 0 aliphatic carbocycles. The Balaban J connectivity index is 1.71. The molecule has 1 aromatic heterocycles. The summed E-state index contributed by atoms with van der Waals surface area (Å²) in [6, 6.07) is 8.65. The standard InChI is InChI=1S/C17H20N4O5S/c1-13(17(23)24)21-15(7-8-18-21)16(22)19-9-11-20(12-10-19)27(25,26)14-5-3-2-4-6-14/h2-8,13H,9-12H2,1H3,(H,23,24). The van der Waals surface area contributed by atoms with Crippen molar-refractivity contribution in [3.63, 3.8) is 0 Å². The van der Waals surface area contributed by atoms with Gasteiger partial charge in [0.25, 0.3) is 5.91 Å². The van der Waals surface area contributed by atoms with Crippen molar-refractivity contribution in [3.05, 3.63) is 48.3 Å². The van der Waals surface area contributed by atoms with Gasteiger partial charge in [-0.1, -0.05) is 18.2 Å². The summed E-state index contributed by atoms with van der Waals surface area (Å²) in [5, 5.41) is 13.1. The Labute approximate surface area is 156 Å². The fourth-order valence-electron chi connectivity index (χ4n) is 2.93. The molecule has 2 heterocycles. The van der Waals surface area contributed by atoms with Crippen LogP contribution in [0.1, 0.15) is 23.5 Å². The summed E-state index contributed by atoms with van der Waals surface area (Å²) in [4.78, 5) is 25.7. The van der Waals surface area contributed by atoms with Crippen molar-refractivity contribution in [3.8, 4) is 0 Å². The largest absolute Gasteiger partial charge is 0.480 e. The topological polar surface area (TPSA) is 113 Å². The zero-order valence-electron chi connectivity index (χ0n) is 14.7. The molecule has 0 radical (unpaired) electrons. The molecule has 0 spiro atoms. The molecule has 1 atom stereocenters. The minimum Gasteiger partial charge on any atom is -0.480 e. The number of carbonyl (C=O) groups is 2. The number of amides is 1. The smallest absolute Gasteiger partial charge is 0.328 e. The van der Waals surface area contributed by atoms with Crippen LogP contribution in [0.3, 0.4) is 0 Å². The van der Waals surface area contributed by atoms with Crippen LogP contribution in [0, 0.1) is 0 Å². The summed E-state index contributed by atoms with van der Waals surface area (Å²) >= 11 is 0. The molecule has 1 aromatic carbocycles. The number of hydrogen-bond donors (Lipinski definition) is 1. The number of piperazine rings is 1. The number of rotatable bonds is 5. The van der Waals surface area contributed by atoms with Crippen molar-refractivity contribution >= 4 is 21.9 Å². The van der Waals surface area contributed by atoms with Crippen molar-refractivity contribution < 1.29 is 23.1 Å². The normalized spacial score (nSPS) is 16.9. The average Bonchev–Trinajstić information content (AvgIpc) is 3.17. The van der Waals surface area contributed by atoms with Crippen LogP contribution in [0.4, 0.5) is 0 Å². The number of benzene rings is 1. The molecule has 27 heavy (non-hydrogen) atoms. The van der Waals surface area contributed by atoms with Gasteiger partial charge in [-0.05, 0) is 25.1 Å². The molecule has 1 N–H and O–H groups in total. The Kier molecular flexibility index (Phi) is 5.29. The summed E-state index contributed by atoms with van der Waals surface area (Å²) in [5.74, 6) is -1.45. The quantitative estimate of drug-likeness (QED) is 0.800. The molecule has 1 fully saturated rings. The molecular formula is C17H20N4O5S. The average molecular weight is 392 g/mol. The first kappa shape index (κ1) is 19.1. The molecule has 10 heteroatoms. The van der Waals surface area contributed by atoms with E-state index in [0.717, 1.165) is 4.68 Å². The van der Waals surface area contributed by atoms with Gasteiger partial charge in [-0.15, -0.1) is 0 Å². The first-order chi connectivity index (χ1) is 12.8. The summed E-state index contributed by atoms with van der Waals surface area (Å²) < 4.78 is 27.8. The van der Waals surface area contributed by atoms with E-state index in [1.165, 1.54) is 28.4 Å². The fourth-order valence-corrected chi connectivity index (χ4v) is 4.38. The molecule has 144 valence electrons. The number of carbonyl (C=O) groups excluding carboxylic acids is 1. The molecule has 1 aliphatic rings. The number of aliphatic carboxylic acids is 1. The number of sulfonamides is 1. The number of carboxylic acids is 1. The number of nitrogens with zero attached hydrogens (tertiary/aromatic N) is 4. The van der Waals surface area contributed by atoms with Crippen molar-refractivity contribution in [1.29, 1.82) is 0 Å². The molecule has 2 aromatic rings. The molecule has 0 saturated carbocycles. The zero-order chi connectivity index (χ0) is 19.6. The maximum absolute atomic E-state index is 12.7. The third-order valence-electron chi connectivity index (χ3n) is 4.52. The molecule has 3 rings (SSSR count). The van der Waals surface area contributed by atoms with Gasteiger partial charge < -0.3 is 10.0 Å². The Morgan fingerprint density at radius 1 is 1.07 bits per heavy atom. The van der Waals surface area contributed by atoms with Crippen LogP contribution in [-0.4, -0.2) is 70.6 Å². The Bertz CT molecular complexity index is 933. The van der Waals surface area contributed by atoms with E-state index in [0.29, 0.717) is 0 Å². The van der Waals surface area contributed by atoms with Gasteiger partial charge in [0.1, 0.15) is 11.7 Å². The number of carboxylic acid groups (broad SMARTS) is 1. The minimum absolute atomic E-state index is 0.171. The maximum Gasteiger partial charge on any atom is 0.328 e. The van der Waals surface area contributed by atoms with Crippen LogP contribution in [0.5, 0.6) is 0 Å². The van der Waals surface area contributed by atoms with Crippen LogP contribution in [0.15, 0.2) is 47.5 Å². The second-order valence-electron chi connectivity index (χ2n) is 6.18. The third kappa shape index (κ3) is 3.71. The van der Waals surface area contributed by atoms with Gasteiger partial charge in [0.05, 0.1) is 4.90 Å². The number of aromatic nitrogens is 2. The van der Waals surface area contributed by atoms with E-state index in [1.807, 2.05) is 0 Å². The van der Waals surface area contributed by atoms with Crippen molar-refractivity contribution in [2.75, 3.05) is 26.2 Å². The van der Waals surface area contributed by atoms with Gasteiger partial charge in [0.2, 0.25) is 10.0 Å². The molecular weight excluding hydrogens is 372 g/mol. The SMILES string of the molecule is CC(C(=O)O)n1nccc1C(=O)N1CCN(S(=O)(=O)c2ccccc2)CC1. The zero-order valence-corrected chi connectivity index (χ0v) is 15.5. The van der Waals surface area contributed by atoms with Gasteiger partial charge in [-0.2, -0.15) is 9.40 Å². The summed E-state index contributed by atoms with van der Waals surface area (Å²) in [5.41, 5.74) is 0.171. The minimum atomic E-state index is -3.60. The summed E-state index contributed by atoms with van der Waals surface area (Å²) in [6.45, 7) is 2.22. The van der Waals surface area contributed by atoms with E-state index in [9.17, 15) is 18.0 Å². The van der Waals surface area contributed by atoms with Gasteiger partial charge in [0, 0.05) is 32.4 Å². The highest BCUT2D eigenvalue weighted by Crippen LogP contribution is 2.19. The first-order valence-electron chi connectivity index (χ1n) is 8.43. The Morgan fingerprint density at radius 2 is 1.70 bits per heavy atom. The van der Waals surface area contributed by atoms with Gasteiger partial charge >= 0.3 is 5.97 Å². The van der Waals surface area contributed by atoms with E-state index >= 15 is 0 Å². The van der Waals surface area contributed by atoms with Gasteiger partial charge in [-0.25, -0.2) is 17.9 Å². The van der Waals surface area contributed by atoms with Crippen LogP contribution >= 0.6 is 0 Å². The molecule has 1 unspecified atom stereocenters. The first-order valence-corrected chi connectivity index (χ1v) is 9.87. The summed E-state index contributed by atoms with van der Waals surface area (Å²) in [7, 11) is -3.60. The molecule has 1 saturated heterocycles. The molecule has 1 aliphatic heterocycles. The predicted octanol–water partition coefficient (Wildman–Crippen LogP) is 0.675. The third-order valence-corrected chi connectivity index (χ3v) is 6.43. The number of hydrogen-bond acceptors (Lipinski definition) is 5. The lowest BCUT2D eigenvalue weighted by Crippen LogP contribution is -2.50. The lowest BCUT2D eigenvalue weighted by molar-refractivity contribution is -0.140.